The second kappa shape index (κ2) is 3.09. The highest BCUT2D eigenvalue weighted by Gasteiger charge is 2.16. The highest BCUT2D eigenvalue weighted by atomic mass is 19.1. The van der Waals surface area contributed by atoms with Crippen LogP contribution in [-0.4, -0.2) is 11.9 Å². The van der Waals surface area contributed by atoms with E-state index in [4.69, 9.17) is 0 Å². The van der Waals surface area contributed by atoms with E-state index in [2.05, 4.69) is 5.32 Å². The van der Waals surface area contributed by atoms with E-state index in [0.29, 0.717) is 0 Å². The fourth-order valence-electron chi connectivity index (χ4n) is 1.43. The standard InChI is InChI=1S/C10H11FN2/c1-13-7-6-12-10(13)8-2-4-9(11)5-3-8/h2-7,10,12H,1H3. The minimum atomic E-state index is -0.197. The first-order valence-corrected chi connectivity index (χ1v) is 4.17. The number of halogens is 1. The van der Waals surface area contributed by atoms with Gasteiger partial charge in [-0.05, 0) is 17.7 Å². The Kier molecular flexibility index (Phi) is 1.93. The van der Waals surface area contributed by atoms with Crippen LogP contribution in [0.1, 0.15) is 11.7 Å². The molecule has 3 heteroatoms. The molecule has 1 aromatic carbocycles. The number of benzene rings is 1. The van der Waals surface area contributed by atoms with Gasteiger partial charge in [-0.25, -0.2) is 4.39 Å². The van der Waals surface area contributed by atoms with Gasteiger partial charge in [0.1, 0.15) is 12.0 Å². The predicted molar refractivity (Wildman–Crippen MR) is 49.2 cm³/mol. The average molecular weight is 178 g/mol. The molecule has 1 unspecified atom stereocenters. The Labute approximate surface area is 76.7 Å². The van der Waals surface area contributed by atoms with Gasteiger partial charge in [-0.15, -0.1) is 0 Å². The Morgan fingerprint density at radius 3 is 2.54 bits per heavy atom. The van der Waals surface area contributed by atoms with E-state index in [1.165, 1.54) is 12.1 Å². The molecule has 0 aromatic heterocycles. The van der Waals surface area contributed by atoms with Crippen LogP contribution >= 0.6 is 0 Å². The van der Waals surface area contributed by atoms with Gasteiger partial charge in [0.2, 0.25) is 0 Å². The normalized spacial score (nSPS) is 20.5. The predicted octanol–water partition coefficient (Wildman–Crippen LogP) is 1.83. The van der Waals surface area contributed by atoms with Crippen LogP contribution in [0.2, 0.25) is 0 Å². The van der Waals surface area contributed by atoms with E-state index >= 15 is 0 Å². The van der Waals surface area contributed by atoms with Crippen molar-refractivity contribution in [2.24, 2.45) is 0 Å². The largest absolute Gasteiger partial charge is 0.366 e. The van der Waals surface area contributed by atoms with Crippen LogP contribution in [0.25, 0.3) is 0 Å². The van der Waals surface area contributed by atoms with Crippen molar-refractivity contribution in [3.05, 3.63) is 48.0 Å². The summed E-state index contributed by atoms with van der Waals surface area (Å²) in [6.45, 7) is 0. The summed E-state index contributed by atoms with van der Waals surface area (Å²) >= 11 is 0. The summed E-state index contributed by atoms with van der Waals surface area (Å²) in [5.74, 6) is -0.197. The van der Waals surface area contributed by atoms with Crippen LogP contribution in [0, 0.1) is 5.82 Å². The van der Waals surface area contributed by atoms with Crippen molar-refractivity contribution in [2.45, 2.75) is 6.17 Å². The molecule has 0 saturated carbocycles. The molecule has 0 amide bonds. The number of nitrogens with one attached hydrogen (secondary N) is 1. The minimum absolute atomic E-state index is 0.139. The van der Waals surface area contributed by atoms with Crippen molar-refractivity contribution in [3.63, 3.8) is 0 Å². The average Bonchev–Trinajstić information content (AvgIpc) is 2.53. The molecular formula is C10H11FN2. The molecule has 2 nitrogen and oxygen atoms in total. The molecule has 68 valence electrons. The first-order chi connectivity index (χ1) is 6.27. The number of hydrogen-bond acceptors (Lipinski definition) is 2. The van der Waals surface area contributed by atoms with E-state index in [0.717, 1.165) is 5.56 Å². The lowest BCUT2D eigenvalue weighted by Gasteiger charge is -2.21. The molecule has 1 aliphatic heterocycles. The number of rotatable bonds is 1. The van der Waals surface area contributed by atoms with Crippen molar-refractivity contribution in [1.29, 1.82) is 0 Å². The molecular weight excluding hydrogens is 167 g/mol. The highest BCUT2D eigenvalue weighted by molar-refractivity contribution is 5.21. The SMILES string of the molecule is CN1C=CNC1c1ccc(F)cc1. The molecule has 0 spiro atoms. The topological polar surface area (TPSA) is 15.3 Å². The van der Waals surface area contributed by atoms with Crippen molar-refractivity contribution in [2.75, 3.05) is 7.05 Å². The Morgan fingerprint density at radius 2 is 2.00 bits per heavy atom. The monoisotopic (exact) mass is 178 g/mol. The van der Waals surface area contributed by atoms with Crippen LogP contribution < -0.4 is 5.32 Å². The number of hydrogen-bond donors (Lipinski definition) is 1. The lowest BCUT2D eigenvalue weighted by molar-refractivity contribution is 0.340. The third kappa shape index (κ3) is 1.49. The summed E-state index contributed by atoms with van der Waals surface area (Å²) in [6, 6.07) is 6.53. The molecule has 1 atom stereocenters. The molecule has 0 aliphatic carbocycles. The summed E-state index contributed by atoms with van der Waals surface area (Å²) in [5, 5.41) is 3.17. The van der Waals surface area contributed by atoms with Crippen molar-refractivity contribution < 1.29 is 4.39 Å². The molecule has 0 bridgehead atoms. The summed E-state index contributed by atoms with van der Waals surface area (Å²) in [4.78, 5) is 2.03. The van der Waals surface area contributed by atoms with Gasteiger partial charge in [-0.1, -0.05) is 12.1 Å². The Bertz CT molecular complexity index is 318. The maximum absolute atomic E-state index is 12.6. The Balaban J connectivity index is 2.21. The van der Waals surface area contributed by atoms with E-state index < -0.39 is 0 Å². The van der Waals surface area contributed by atoms with Crippen molar-refractivity contribution in [3.8, 4) is 0 Å². The molecule has 2 rings (SSSR count). The third-order valence-corrected chi connectivity index (χ3v) is 2.16. The van der Waals surface area contributed by atoms with Gasteiger partial charge in [-0.3, -0.25) is 0 Å². The molecule has 0 radical (unpaired) electrons. The quantitative estimate of drug-likeness (QED) is 0.705. The maximum atomic E-state index is 12.6. The van der Waals surface area contributed by atoms with Gasteiger partial charge in [-0.2, -0.15) is 0 Å². The highest BCUT2D eigenvalue weighted by Crippen LogP contribution is 2.20. The van der Waals surface area contributed by atoms with E-state index in [1.807, 2.05) is 24.3 Å². The zero-order valence-corrected chi connectivity index (χ0v) is 7.37. The first-order valence-electron chi connectivity index (χ1n) is 4.17. The van der Waals surface area contributed by atoms with Gasteiger partial charge in [0.05, 0.1) is 0 Å². The third-order valence-electron chi connectivity index (χ3n) is 2.16. The van der Waals surface area contributed by atoms with E-state index in [9.17, 15) is 4.39 Å². The zero-order chi connectivity index (χ0) is 9.26. The summed E-state index contributed by atoms with van der Waals surface area (Å²) in [7, 11) is 1.98. The summed E-state index contributed by atoms with van der Waals surface area (Å²) in [5.41, 5.74) is 1.06. The second-order valence-corrected chi connectivity index (χ2v) is 3.10. The van der Waals surface area contributed by atoms with E-state index in [1.54, 1.807) is 12.1 Å². The fraction of sp³-hybridized carbons (Fsp3) is 0.200. The lowest BCUT2D eigenvalue weighted by Crippen LogP contribution is -2.23. The van der Waals surface area contributed by atoms with Gasteiger partial charge in [0.15, 0.2) is 0 Å². The van der Waals surface area contributed by atoms with Crippen molar-refractivity contribution in [1.82, 2.24) is 10.2 Å². The molecule has 1 N–H and O–H groups in total. The van der Waals surface area contributed by atoms with Gasteiger partial charge in [0.25, 0.3) is 0 Å². The summed E-state index contributed by atoms with van der Waals surface area (Å²) < 4.78 is 12.6. The van der Waals surface area contributed by atoms with Crippen molar-refractivity contribution >= 4 is 0 Å². The summed E-state index contributed by atoms with van der Waals surface area (Å²) in [6.07, 6.45) is 3.97. The van der Waals surface area contributed by atoms with Crippen LogP contribution in [0.5, 0.6) is 0 Å². The molecule has 0 fully saturated rings. The molecule has 1 aromatic rings. The molecule has 1 heterocycles. The molecule has 1 aliphatic rings. The minimum Gasteiger partial charge on any atom is -0.366 e. The van der Waals surface area contributed by atoms with Crippen LogP contribution in [0.3, 0.4) is 0 Å². The van der Waals surface area contributed by atoms with Crippen LogP contribution in [0.4, 0.5) is 4.39 Å². The first kappa shape index (κ1) is 8.10. The smallest absolute Gasteiger partial charge is 0.124 e. The Morgan fingerprint density at radius 1 is 1.31 bits per heavy atom. The van der Waals surface area contributed by atoms with Gasteiger partial charge < -0.3 is 10.2 Å². The zero-order valence-electron chi connectivity index (χ0n) is 7.37. The second-order valence-electron chi connectivity index (χ2n) is 3.10. The molecule has 13 heavy (non-hydrogen) atoms. The van der Waals surface area contributed by atoms with E-state index in [-0.39, 0.29) is 12.0 Å². The maximum Gasteiger partial charge on any atom is 0.124 e. The van der Waals surface area contributed by atoms with Gasteiger partial charge in [0, 0.05) is 19.4 Å². The molecule has 0 saturated heterocycles. The number of nitrogens with zero attached hydrogens (tertiary/aromatic N) is 1. The Hall–Kier alpha value is -1.51. The van der Waals surface area contributed by atoms with Gasteiger partial charge >= 0.3 is 0 Å². The van der Waals surface area contributed by atoms with Crippen LogP contribution in [0.15, 0.2) is 36.7 Å². The fourth-order valence-corrected chi connectivity index (χ4v) is 1.43. The lowest BCUT2D eigenvalue weighted by atomic mass is 10.1. The van der Waals surface area contributed by atoms with Crippen LogP contribution in [-0.2, 0) is 0 Å².